The molecule has 0 radical (unpaired) electrons. The van der Waals surface area contributed by atoms with Gasteiger partial charge in [0.1, 0.15) is 12.4 Å². The zero-order chi connectivity index (χ0) is 19.3. The van der Waals surface area contributed by atoms with Crippen molar-refractivity contribution in [1.82, 2.24) is 14.8 Å². The van der Waals surface area contributed by atoms with Crippen molar-refractivity contribution in [1.29, 1.82) is 0 Å². The Morgan fingerprint density at radius 3 is 2.68 bits per heavy atom. The molecule has 140 valence electrons. The Balaban J connectivity index is 1.61. The number of nitrogens with one attached hydrogen (secondary N) is 1. The fraction of sp³-hybridized carbons (Fsp3) is 0.227. The fourth-order valence-corrected chi connectivity index (χ4v) is 4.50. The highest BCUT2D eigenvalue weighted by atomic mass is 35.5. The molecule has 0 spiro atoms. The van der Waals surface area contributed by atoms with Crippen molar-refractivity contribution in [3.05, 3.63) is 87.8 Å². The summed E-state index contributed by atoms with van der Waals surface area (Å²) in [5.41, 5.74) is 5.17. The van der Waals surface area contributed by atoms with E-state index >= 15 is 0 Å². The van der Waals surface area contributed by atoms with Crippen molar-refractivity contribution < 1.29 is 4.79 Å². The first kappa shape index (κ1) is 17.2. The maximum Gasteiger partial charge on any atom is 0.226 e. The first-order valence-corrected chi connectivity index (χ1v) is 9.73. The molecule has 1 aromatic heterocycles. The predicted molar refractivity (Wildman–Crippen MR) is 108 cm³/mol. The van der Waals surface area contributed by atoms with Crippen LogP contribution in [-0.4, -0.2) is 20.5 Å². The van der Waals surface area contributed by atoms with Gasteiger partial charge in [-0.2, -0.15) is 10.1 Å². The van der Waals surface area contributed by atoms with Crippen LogP contribution in [0.15, 0.2) is 66.1 Å². The Morgan fingerprint density at radius 2 is 1.89 bits per heavy atom. The van der Waals surface area contributed by atoms with Crippen molar-refractivity contribution in [3.63, 3.8) is 0 Å². The molecule has 0 amide bonds. The van der Waals surface area contributed by atoms with Gasteiger partial charge in [0.05, 0.1) is 0 Å². The van der Waals surface area contributed by atoms with E-state index in [0.717, 1.165) is 23.3 Å². The normalized spacial score (nSPS) is 21.1. The van der Waals surface area contributed by atoms with E-state index in [1.165, 1.54) is 17.5 Å². The summed E-state index contributed by atoms with van der Waals surface area (Å²) in [7, 11) is 0. The third-order valence-electron chi connectivity index (χ3n) is 5.68. The molecule has 2 heterocycles. The lowest BCUT2D eigenvalue weighted by Gasteiger charge is -2.35. The molecule has 0 unspecified atom stereocenters. The van der Waals surface area contributed by atoms with E-state index in [9.17, 15) is 4.79 Å². The molecule has 1 N–H and O–H groups in total. The highest BCUT2D eigenvalue weighted by Crippen LogP contribution is 2.44. The number of hydrogen-bond acceptors (Lipinski definition) is 4. The topological polar surface area (TPSA) is 59.8 Å². The summed E-state index contributed by atoms with van der Waals surface area (Å²) in [6, 6.07) is 15.6. The van der Waals surface area contributed by atoms with Gasteiger partial charge in [0.2, 0.25) is 5.95 Å². The van der Waals surface area contributed by atoms with Gasteiger partial charge in [-0.05, 0) is 48.1 Å². The van der Waals surface area contributed by atoms with Crippen LogP contribution in [0, 0.1) is 6.92 Å². The molecule has 28 heavy (non-hydrogen) atoms. The van der Waals surface area contributed by atoms with Crippen molar-refractivity contribution >= 4 is 23.3 Å². The van der Waals surface area contributed by atoms with Crippen molar-refractivity contribution in [2.24, 2.45) is 0 Å². The minimum Gasteiger partial charge on any atom is -0.328 e. The largest absolute Gasteiger partial charge is 0.328 e. The van der Waals surface area contributed by atoms with Crippen LogP contribution in [0.1, 0.15) is 41.5 Å². The summed E-state index contributed by atoms with van der Waals surface area (Å²) in [5.74, 6) is 0.986. The first-order valence-electron chi connectivity index (χ1n) is 9.35. The summed E-state index contributed by atoms with van der Waals surface area (Å²) in [6.07, 6.45) is 2.80. The van der Waals surface area contributed by atoms with Gasteiger partial charge in [-0.3, -0.25) is 4.79 Å². The second-order valence-electron chi connectivity index (χ2n) is 7.38. The molecule has 0 fully saturated rings. The number of allylic oxidation sites excluding steroid dienone is 2. The number of carbonyl (C=O) groups is 1. The Hall–Kier alpha value is -2.92. The first-order chi connectivity index (χ1) is 13.6. The van der Waals surface area contributed by atoms with E-state index in [4.69, 9.17) is 11.6 Å². The van der Waals surface area contributed by atoms with E-state index in [1.54, 1.807) is 4.68 Å². The Kier molecular flexibility index (Phi) is 4.05. The number of aromatic nitrogens is 3. The summed E-state index contributed by atoms with van der Waals surface area (Å²) in [6.45, 7) is 2.10. The number of nitrogens with zero attached hydrogens (tertiary/aromatic N) is 3. The zero-order valence-corrected chi connectivity index (χ0v) is 16.1. The van der Waals surface area contributed by atoms with Gasteiger partial charge in [0.15, 0.2) is 5.78 Å². The van der Waals surface area contributed by atoms with Gasteiger partial charge < -0.3 is 5.32 Å². The van der Waals surface area contributed by atoms with Gasteiger partial charge in [-0.1, -0.05) is 48.0 Å². The Labute approximate surface area is 168 Å². The monoisotopic (exact) mass is 390 g/mol. The van der Waals surface area contributed by atoms with Crippen molar-refractivity contribution in [2.75, 3.05) is 5.32 Å². The van der Waals surface area contributed by atoms with Crippen LogP contribution in [0.25, 0.3) is 0 Å². The number of fused-ring (bicyclic) bond motifs is 1. The molecule has 2 atom stereocenters. The lowest BCUT2D eigenvalue weighted by molar-refractivity contribution is -0.116. The van der Waals surface area contributed by atoms with Crippen molar-refractivity contribution in [3.8, 4) is 0 Å². The number of anilines is 1. The SMILES string of the molecule is Cc1ccccc1[C@@H]1CC(=O)C2=C(C1)Nc1ncnn1[C@@H]2c1ccc(Cl)cc1. The van der Waals surface area contributed by atoms with Gasteiger partial charge in [0.25, 0.3) is 0 Å². The van der Waals surface area contributed by atoms with E-state index in [2.05, 4.69) is 34.5 Å². The smallest absolute Gasteiger partial charge is 0.226 e. The number of ketones is 1. The Bertz CT molecular complexity index is 1100. The lowest BCUT2D eigenvalue weighted by atomic mass is 9.77. The third kappa shape index (κ3) is 2.74. The second-order valence-corrected chi connectivity index (χ2v) is 7.82. The van der Waals surface area contributed by atoms with Crippen molar-refractivity contribution in [2.45, 2.75) is 31.7 Å². The standard InChI is InChI=1S/C22H19ClN4O/c1-13-4-2-3-5-17(13)15-10-18-20(19(28)11-15)21(14-6-8-16(23)9-7-14)27-22(26-18)24-12-25-27/h2-9,12,15,21H,10-11H2,1H3,(H,24,25,26)/t15-,21+/m0/s1. The van der Waals surface area contributed by atoms with Crippen LogP contribution in [0.2, 0.25) is 5.02 Å². The number of rotatable bonds is 2. The predicted octanol–water partition coefficient (Wildman–Crippen LogP) is 4.66. The summed E-state index contributed by atoms with van der Waals surface area (Å²) >= 11 is 6.07. The number of halogens is 1. The fourth-order valence-electron chi connectivity index (χ4n) is 4.37. The van der Waals surface area contributed by atoms with Gasteiger partial charge in [-0.25, -0.2) is 4.68 Å². The number of benzene rings is 2. The summed E-state index contributed by atoms with van der Waals surface area (Å²) in [5, 5.41) is 8.41. The molecule has 2 aromatic carbocycles. The molecule has 6 heteroatoms. The van der Waals surface area contributed by atoms with Crippen LogP contribution >= 0.6 is 11.6 Å². The van der Waals surface area contributed by atoms with Gasteiger partial charge in [0, 0.05) is 22.7 Å². The molecule has 0 saturated heterocycles. The van der Waals surface area contributed by atoms with Gasteiger partial charge in [-0.15, -0.1) is 0 Å². The molecule has 3 aromatic rings. The highest BCUT2D eigenvalue weighted by Gasteiger charge is 2.39. The van der Waals surface area contributed by atoms with E-state index in [1.807, 2.05) is 36.4 Å². The molecular weight excluding hydrogens is 372 g/mol. The van der Waals surface area contributed by atoms with Crippen LogP contribution in [0.3, 0.4) is 0 Å². The molecular formula is C22H19ClN4O. The molecule has 5 nitrogen and oxygen atoms in total. The van der Waals surface area contributed by atoms with E-state index in [-0.39, 0.29) is 17.7 Å². The van der Waals surface area contributed by atoms with Crippen LogP contribution in [0.4, 0.5) is 5.95 Å². The average Bonchev–Trinajstić information content (AvgIpc) is 3.15. The number of aryl methyl sites for hydroxylation is 1. The van der Waals surface area contributed by atoms with Crippen LogP contribution in [-0.2, 0) is 4.79 Å². The number of carbonyl (C=O) groups excluding carboxylic acids is 1. The minimum atomic E-state index is -0.281. The minimum absolute atomic E-state index is 0.156. The Morgan fingerprint density at radius 1 is 1.11 bits per heavy atom. The quantitative estimate of drug-likeness (QED) is 0.691. The molecule has 1 aliphatic heterocycles. The maximum absolute atomic E-state index is 13.3. The second kappa shape index (κ2) is 6.60. The maximum atomic E-state index is 13.3. The summed E-state index contributed by atoms with van der Waals surface area (Å²) < 4.78 is 1.79. The number of hydrogen-bond donors (Lipinski definition) is 1. The zero-order valence-electron chi connectivity index (χ0n) is 15.4. The molecule has 5 rings (SSSR count). The van der Waals surface area contributed by atoms with Crippen LogP contribution in [0.5, 0.6) is 0 Å². The lowest BCUT2D eigenvalue weighted by Crippen LogP contribution is -2.33. The summed E-state index contributed by atoms with van der Waals surface area (Å²) in [4.78, 5) is 17.7. The highest BCUT2D eigenvalue weighted by molar-refractivity contribution is 6.30. The molecule has 0 bridgehead atoms. The molecule has 2 aliphatic rings. The van der Waals surface area contributed by atoms with Gasteiger partial charge >= 0.3 is 0 Å². The average molecular weight is 391 g/mol. The third-order valence-corrected chi connectivity index (χ3v) is 5.93. The number of Topliss-reactive ketones (excluding diaryl/α,β-unsaturated/α-hetero) is 1. The van der Waals surface area contributed by atoms with E-state index in [0.29, 0.717) is 17.4 Å². The molecule has 1 aliphatic carbocycles. The van der Waals surface area contributed by atoms with E-state index < -0.39 is 0 Å². The molecule has 0 saturated carbocycles. The van der Waals surface area contributed by atoms with Crippen LogP contribution < -0.4 is 5.32 Å².